The number of H-pyrrole nitrogens is 2. The highest BCUT2D eigenvalue weighted by molar-refractivity contribution is 6.78. The summed E-state index contributed by atoms with van der Waals surface area (Å²) in [6.07, 6.45) is -2.55. The number of methoxy groups -OCH3 is 2. The van der Waals surface area contributed by atoms with Gasteiger partial charge in [-0.25, -0.2) is 28.3 Å². The van der Waals surface area contributed by atoms with E-state index in [-0.39, 0.29) is 30.2 Å². The highest BCUT2D eigenvalue weighted by atomic mass is 28.3. The summed E-state index contributed by atoms with van der Waals surface area (Å²) in [6.45, 7) is 11.9. The summed E-state index contributed by atoms with van der Waals surface area (Å²) in [4.78, 5) is 72.0. The Kier molecular flexibility index (Phi) is 11.4. The number of aromatic nitrogens is 4. The van der Waals surface area contributed by atoms with Crippen molar-refractivity contribution >= 4 is 53.9 Å². The predicted molar refractivity (Wildman–Crippen MR) is 233 cm³/mol. The van der Waals surface area contributed by atoms with Crippen LogP contribution in [0.5, 0.6) is 0 Å². The van der Waals surface area contributed by atoms with Crippen LogP contribution < -0.4 is 10.6 Å². The van der Waals surface area contributed by atoms with Gasteiger partial charge in [-0.3, -0.25) is 9.59 Å². The Morgan fingerprint density at radius 2 is 1.44 bits per heavy atom. The van der Waals surface area contributed by atoms with E-state index in [9.17, 15) is 19.2 Å². The molecule has 2 aromatic heterocycles. The number of alkyl halides is 2. The lowest BCUT2D eigenvalue weighted by Crippen LogP contribution is -2.57. The average Bonchev–Trinajstić information content (AvgIpc) is 4.09. The summed E-state index contributed by atoms with van der Waals surface area (Å²) in [5, 5.41) is 7.32. The number of alkyl carbamates (subject to hydrolysis) is 2. The molecule has 8 rings (SSSR count). The topological polar surface area (TPSA) is 175 Å². The van der Waals surface area contributed by atoms with Crippen molar-refractivity contribution < 1.29 is 37.4 Å². The van der Waals surface area contributed by atoms with Gasteiger partial charge in [0.2, 0.25) is 11.8 Å². The molecule has 3 fully saturated rings. The summed E-state index contributed by atoms with van der Waals surface area (Å²) < 4.78 is 40.0. The van der Waals surface area contributed by atoms with Crippen molar-refractivity contribution in [2.45, 2.75) is 95.8 Å². The van der Waals surface area contributed by atoms with Crippen molar-refractivity contribution in [1.82, 2.24) is 40.4 Å². The van der Waals surface area contributed by atoms with Gasteiger partial charge < -0.3 is 39.9 Å². The number of imidazole rings is 2. The van der Waals surface area contributed by atoms with E-state index in [1.165, 1.54) is 19.1 Å². The quantitative estimate of drug-likeness (QED) is 0.104. The maximum atomic E-state index is 15.3. The number of benzene rings is 3. The molecule has 14 nitrogen and oxygen atoms in total. The molecule has 2 bridgehead atoms. The van der Waals surface area contributed by atoms with Gasteiger partial charge in [-0.05, 0) is 58.5 Å². The largest absolute Gasteiger partial charge is 0.453 e. The van der Waals surface area contributed by atoms with E-state index in [1.54, 1.807) is 20.0 Å². The Morgan fingerprint density at radius 3 is 2.08 bits per heavy atom. The Balaban J connectivity index is 1.03. The molecule has 0 unspecified atom stereocenters. The summed E-state index contributed by atoms with van der Waals surface area (Å²) >= 11 is 0. The monoisotopic (exact) mass is 868 g/mol. The molecule has 3 aromatic carbocycles. The van der Waals surface area contributed by atoms with E-state index >= 15 is 8.78 Å². The first-order valence-corrected chi connectivity index (χ1v) is 24.6. The number of nitrogens with zero attached hydrogens (tertiary/aromatic N) is 4. The van der Waals surface area contributed by atoms with Gasteiger partial charge in [0.25, 0.3) is 0 Å². The van der Waals surface area contributed by atoms with Gasteiger partial charge >= 0.3 is 12.2 Å². The van der Waals surface area contributed by atoms with Crippen LogP contribution in [0.4, 0.5) is 18.4 Å². The third-order valence-corrected chi connectivity index (χ3v) is 15.6. The van der Waals surface area contributed by atoms with Crippen molar-refractivity contribution in [1.29, 1.82) is 0 Å². The maximum Gasteiger partial charge on any atom is 0.407 e. The van der Waals surface area contributed by atoms with Gasteiger partial charge in [-0.15, -0.1) is 0 Å². The van der Waals surface area contributed by atoms with E-state index in [1.807, 2.05) is 55.1 Å². The van der Waals surface area contributed by atoms with Crippen LogP contribution in [0.1, 0.15) is 57.8 Å². The molecule has 1 aliphatic carbocycles. The van der Waals surface area contributed by atoms with E-state index in [0.717, 1.165) is 50.4 Å². The summed E-state index contributed by atoms with van der Waals surface area (Å²) in [6, 6.07) is 15.3. The number of nitrogens with one attached hydrogen (secondary N) is 4. The van der Waals surface area contributed by atoms with Crippen LogP contribution in [0.25, 0.3) is 44.2 Å². The van der Waals surface area contributed by atoms with Gasteiger partial charge in [0.1, 0.15) is 29.9 Å². The zero-order valence-corrected chi connectivity index (χ0v) is 37.2. The number of ether oxygens (including phenoxy) is 2. The fourth-order valence-corrected chi connectivity index (χ4v) is 12.6. The van der Waals surface area contributed by atoms with E-state index < -0.39 is 68.6 Å². The van der Waals surface area contributed by atoms with Crippen molar-refractivity contribution in [3.63, 3.8) is 0 Å². The number of piperidine rings is 1. The third-order valence-electron chi connectivity index (χ3n) is 12.9. The number of fused-ring (bicyclic) bond motifs is 5. The number of hydrogen-bond acceptors (Lipinski definition) is 8. The summed E-state index contributed by atoms with van der Waals surface area (Å²) in [5.74, 6) is -0.823. The third kappa shape index (κ3) is 7.68. The highest BCUT2D eigenvalue weighted by Crippen LogP contribution is 2.52. The molecule has 17 heteroatoms. The lowest BCUT2D eigenvalue weighted by molar-refractivity contribution is -0.143. The number of rotatable bonds is 10. The van der Waals surface area contributed by atoms with Crippen LogP contribution >= 0.6 is 0 Å². The standard InChI is InChI=1S/C45H54F2N8O6Si/c1-22(2)36(52-44(58)60-5)42(56)54-21-62(7,8)20-33(54)40-49-30-16-14-27-17-26(13-15-28(27)38(30)51-40)24-9-11-25(12-10-24)31-19-48-41(50-31)39-29-18-32(35(47)34(29)46)55(39)43(57)37(23(3)4)53-45(59)61-6/h9-17,19,22-23,29,32-37,39H,18,20-21H2,1-8H3,(H,48,50)(H,49,51)(H,52,58)(H,53,59)/t29-,32+,33+,34+,35-,36+,37+,39+/m1/s1. The van der Waals surface area contributed by atoms with Gasteiger partial charge in [-0.2, -0.15) is 0 Å². The molecule has 0 radical (unpaired) electrons. The lowest BCUT2D eigenvalue weighted by atomic mass is 9.93. The minimum Gasteiger partial charge on any atom is -0.453 e. The maximum absolute atomic E-state index is 15.3. The molecular weight excluding hydrogens is 815 g/mol. The number of carbonyl (C=O) groups excluding carboxylic acids is 4. The molecule has 62 heavy (non-hydrogen) atoms. The van der Waals surface area contributed by atoms with Gasteiger partial charge in [0, 0.05) is 17.5 Å². The molecule has 4 amide bonds. The van der Waals surface area contributed by atoms with Gasteiger partial charge in [0.15, 0.2) is 6.17 Å². The fraction of sp³-hybridized carbons (Fsp3) is 0.467. The molecule has 4 heterocycles. The second kappa shape index (κ2) is 16.5. The minimum atomic E-state index is -1.83. The molecule has 8 atom stereocenters. The second-order valence-electron chi connectivity index (χ2n) is 18.4. The SMILES string of the molecule is COC(=O)N[C@H](C(=O)N1C[Si](C)(C)C[C@H]1c1nc2ccc3cc(-c4ccc(-c5cnc([C@@H]6[C@@H]7C[C@@H]([C@@H](F)[C@H]7F)N6C(=O)[C@@H](NC(=O)OC)C(C)C)[nH]5)cc4)ccc3c2[nH]1)C(C)C. The van der Waals surface area contributed by atoms with Crippen LogP contribution in [-0.4, -0.2) is 113 Å². The molecule has 5 aromatic rings. The van der Waals surface area contributed by atoms with Gasteiger partial charge in [-0.1, -0.05) is 83.3 Å². The Hall–Kier alpha value is -5.84. The number of hydrogen-bond donors (Lipinski definition) is 4. The Morgan fingerprint density at radius 1 is 0.806 bits per heavy atom. The number of carbonyl (C=O) groups is 4. The first kappa shape index (κ1) is 42.8. The van der Waals surface area contributed by atoms with Crippen molar-refractivity contribution in [2.24, 2.45) is 17.8 Å². The highest BCUT2D eigenvalue weighted by Gasteiger charge is 2.62. The van der Waals surface area contributed by atoms with Crippen molar-refractivity contribution in [3.05, 3.63) is 72.4 Å². The Bertz CT molecular complexity index is 2530. The summed E-state index contributed by atoms with van der Waals surface area (Å²) in [7, 11) is 0.683. The normalized spacial score (nSPS) is 23.9. The first-order chi connectivity index (χ1) is 29.5. The van der Waals surface area contributed by atoms with E-state index in [4.69, 9.17) is 14.5 Å². The molecular formula is C45H54F2N8O6Si. The zero-order chi connectivity index (χ0) is 44.4. The first-order valence-electron chi connectivity index (χ1n) is 21.2. The number of halogens is 2. The Labute approximate surface area is 359 Å². The van der Waals surface area contributed by atoms with Crippen LogP contribution in [-0.2, 0) is 19.1 Å². The number of likely N-dealkylation sites (tertiary alicyclic amines) is 1. The van der Waals surface area contributed by atoms with E-state index in [2.05, 4.69) is 56.9 Å². The molecule has 0 spiro atoms. The molecule has 3 aliphatic rings. The lowest BCUT2D eigenvalue weighted by Gasteiger charge is -2.39. The minimum absolute atomic E-state index is 0.139. The molecule has 2 aliphatic heterocycles. The van der Waals surface area contributed by atoms with Crippen LogP contribution in [0, 0.1) is 17.8 Å². The van der Waals surface area contributed by atoms with Crippen molar-refractivity contribution in [3.8, 4) is 22.4 Å². The molecule has 4 N–H and O–H groups in total. The molecule has 1 saturated carbocycles. The van der Waals surface area contributed by atoms with E-state index in [0.29, 0.717) is 17.7 Å². The fourth-order valence-electron chi connectivity index (χ4n) is 9.73. The number of aromatic amines is 2. The predicted octanol–water partition coefficient (Wildman–Crippen LogP) is 7.61. The summed E-state index contributed by atoms with van der Waals surface area (Å²) in [5.41, 5.74) is 5.14. The zero-order valence-electron chi connectivity index (χ0n) is 36.2. The average molecular weight is 869 g/mol. The van der Waals surface area contributed by atoms with Crippen LogP contribution in [0.15, 0.2) is 60.8 Å². The number of amides is 4. The van der Waals surface area contributed by atoms with Crippen molar-refractivity contribution in [2.75, 3.05) is 20.4 Å². The van der Waals surface area contributed by atoms with Crippen LogP contribution in [0.3, 0.4) is 0 Å². The molecule has 2 saturated heterocycles. The smallest absolute Gasteiger partial charge is 0.407 e. The van der Waals surface area contributed by atoms with Gasteiger partial charge in [0.05, 0.1) is 63.3 Å². The second-order valence-corrected chi connectivity index (χ2v) is 23.4. The molecule has 328 valence electrons. The van der Waals surface area contributed by atoms with Crippen LogP contribution in [0.2, 0.25) is 19.1 Å².